The number of fused-ring (bicyclic) bond motifs is 5. The van der Waals surface area contributed by atoms with Gasteiger partial charge in [-0.05, 0) is 161 Å². The van der Waals surface area contributed by atoms with Crippen molar-refractivity contribution < 1.29 is 118 Å². The maximum atomic E-state index is 9.28. The Kier molecular flexibility index (Phi) is 32.9. The van der Waals surface area contributed by atoms with E-state index in [1.807, 2.05) is 147 Å². The number of aromatic nitrogens is 23. The number of hydrogen-bond acceptors (Lipinski definition) is 22. The molecule has 0 saturated carbocycles. The molecule has 0 atom stereocenters. The summed E-state index contributed by atoms with van der Waals surface area (Å²) in [6.07, 6.45) is 10.9. The molecule has 5 radical (unpaired) electrons. The number of nitriles is 1. The normalized spacial score (nSPS) is 11.1. The molecule has 711 valence electrons. The van der Waals surface area contributed by atoms with Gasteiger partial charge in [0.25, 0.3) is 0 Å². The molecule has 0 N–H and O–H groups in total. The zero-order valence-corrected chi connectivity index (χ0v) is 92.9. The minimum Gasteiger partial charge on any atom is -0.461 e. The van der Waals surface area contributed by atoms with Crippen LogP contribution < -0.4 is 5.19 Å². The molecule has 0 saturated heterocycles. The number of rotatable bonds is 14. The Morgan fingerprint density at radius 1 is 0.413 bits per heavy atom. The van der Waals surface area contributed by atoms with E-state index in [1.54, 1.807) is 49.6 Å². The molecule has 12 aromatic heterocycles. The van der Waals surface area contributed by atoms with Crippen molar-refractivity contribution in [2.75, 3.05) is 0 Å². The maximum absolute atomic E-state index is 9.28. The van der Waals surface area contributed by atoms with E-state index in [2.05, 4.69) is 260 Å². The number of aryl methyl sites for hydroxylation is 15. The molecular weight excluding hydrogens is 2640 g/mol. The molecule has 0 amide bonds. The molecule has 28 nitrogen and oxygen atoms in total. The van der Waals surface area contributed by atoms with Crippen LogP contribution in [0.1, 0.15) is 136 Å². The number of hydrogen-bond donors (Lipinski definition) is 0. The van der Waals surface area contributed by atoms with E-state index >= 15 is 0 Å². The molecule has 34 heteroatoms. The molecule has 21 aromatic rings. The third-order valence-electron chi connectivity index (χ3n) is 23.0. The molecule has 0 aliphatic rings. The second kappa shape index (κ2) is 43.5. The summed E-state index contributed by atoms with van der Waals surface area (Å²) in [5.74, 6) is 8.77. The number of para-hydroxylation sites is 3. The average Bonchev–Trinajstić information content (AvgIpc) is 1.42. The molecule has 0 unspecified atom stereocenters. The van der Waals surface area contributed by atoms with Gasteiger partial charge in [0.2, 0.25) is 0 Å². The molecule has 21 rings (SSSR count). The van der Waals surface area contributed by atoms with Gasteiger partial charge in [-0.3, -0.25) is 73.2 Å². The maximum Gasteiger partial charge on any atom is 0.188 e. The van der Waals surface area contributed by atoms with Crippen molar-refractivity contribution in [3.63, 3.8) is 0 Å². The van der Waals surface area contributed by atoms with Crippen LogP contribution in [-0.2, 0) is 108 Å². The van der Waals surface area contributed by atoms with E-state index in [1.165, 1.54) is 39.3 Å². The van der Waals surface area contributed by atoms with Crippen molar-refractivity contribution in [2.24, 2.45) is 7.05 Å². The summed E-state index contributed by atoms with van der Waals surface area (Å²) in [5.41, 5.74) is 29.0. The predicted octanol–water partition coefficient (Wildman–Crippen LogP) is 21.6. The number of oxazole rings is 4. The van der Waals surface area contributed by atoms with Crippen LogP contribution in [0.5, 0.6) is 0 Å². The van der Waals surface area contributed by atoms with Crippen LogP contribution in [-0.4, -0.2) is 121 Å². The summed E-state index contributed by atoms with van der Waals surface area (Å²) in [6.45, 7) is 43.5. The largest absolute Gasteiger partial charge is 0.461 e. The number of imidazole rings is 1. The van der Waals surface area contributed by atoms with Gasteiger partial charge in [0.05, 0.1) is 94.3 Å². The summed E-state index contributed by atoms with van der Waals surface area (Å²) in [4.78, 5) is 53.9. The topological polar surface area (TPSA) is 325 Å². The Bertz CT molecular complexity index is 7940. The first-order valence-corrected chi connectivity index (χ1v) is 47.1. The molecule has 138 heavy (non-hydrogen) atoms. The van der Waals surface area contributed by atoms with E-state index < -0.39 is 8.07 Å². The zero-order valence-electron chi connectivity index (χ0n) is 79.9. The molecule has 0 bridgehead atoms. The average molecular weight is 2740 g/mol. The fraction of sp³-hybridized carbons (Fsp3) is 0.231. The predicted molar refractivity (Wildman–Crippen MR) is 516 cm³/mol. The summed E-state index contributed by atoms with van der Waals surface area (Å²) in [7, 11) is 0.626. The van der Waals surface area contributed by atoms with Crippen LogP contribution in [0.4, 0.5) is 0 Å². The zero-order chi connectivity index (χ0) is 93.7. The minimum absolute atomic E-state index is 0. The summed E-state index contributed by atoms with van der Waals surface area (Å²) < 4.78 is 33.9. The number of nitrogens with zero attached hydrogens (tertiary/aromatic N) is 24. The van der Waals surface area contributed by atoms with E-state index in [0.717, 1.165) is 118 Å². The number of benzene rings is 9. The third kappa shape index (κ3) is 20.9. The summed E-state index contributed by atoms with van der Waals surface area (Å²) >= 11 is 0. The van der Waals surface area contributed by atoms with Gasteiger partial charge in [-0.2, -0.15) is 31.6 Å². The van der Waals surface area contributed by atoms with E-state index in [0.29, 0.717) is 115 Å². The van der Waals surface area contributed by atoms with Gasteiger partial charge in [-0.15, -0.1) is 48.0 Å². The Morgan fingerprint density at radius 3 is 1.49 bits per heavy atom. The van der Waals surface area contributed by atoms with Crippen molar-refractivity contribution in [3.05, 3.63) is 304 Å². The second-order valence-electron chi connectivity index (χ2n) is 34.5. The van der Waals surface area contributed by atoms with Gasteiger partial charge in [0, 0.05) is 174 Å². The molecule has 0 spiro atoms. The van der Waals surface area contributed by atoms with Crippen molar-refractivity contribution in [3.8, 4) is 103 Å². The Balaban J connectivity index is 0.000000153. The smallest absolute Gasteiger partial charge is 0.188 e. The fourth-order valence-corrected chi connectivity index (χ4v) is 18.2. The van der Waals surface area contributed by atoms with Gasteiger partial charge in [-0.25, -0.2) is 10.2 Å². The molecule has 0 fully saturated rings. The van der Waals surface area contributed by atoms with Gasteiger partial charge in [-0.1, -0.05) is 196 Å². The first kappa shape index (κ1) is 104. The molecule has 9 aromatic carbocycles. The van der Waals surface area contributed by atoms with E-state index in [9.17, 15) is 5.26 Å². The molecule has 0 aliphatic carbocycles. The molecule has 0 aliphatic heterocycles. The molecular formula is C104H97Ir5N24O4Si-5. The molecule has 12 heterocycles. The van der Waals surface area contributed by atoms with Crippen LogP contribution in [0.15, 0.2) is 195 Å². The van der Waals surface area contributed by atoms with Crippen LogP contribution >= 0.6 is 0 Å². The Morgan fingerprint density at radius 2 is 0.891 bits per heavy atom. The van der Waals surface area contributed by atoms with E-state index in [-0.39, 0.29) is 101 Å². The fourth-order valence-electron chi connectivity index (χ4n) is 16.9. The number of pyridine rings is 2. The van der Waals surface area contributed by atoms with Gasteiger partial charge in [0.15, 0.2) is 29.3 Å². The van der Waals surface area contributed by atoms with Crippen LogP contribution in [0, 0.1) is 139 Å². The monoisotopic (exact) mass is 2740 g/mol. The van der Waals surface area contributed by atoms with Crippen molar-refractivity contribution in [2.45, 2.75) is 156 Å². The second-order valence-corrected chi connectivity index (χ2v) is 39.6. The Hall–Kier alpha value is -12.7. The van der Waals surface area contributed by atoms with Crippen LogP contribution in [0.2, 0.25) is 19.6 Å². The quantitative estimate of drug-likeness (QED) is 0.0721. The van der Waals surface area contributed by atoms with Crippen molar-refractivity contribution in [1.82, 2.24) is 113 Å². The van der Waals surface area contributed by atoms with E-state index in [4.69, 9.17) is 32.7 Å². The van der Waals surface area contributed by atoms with Gasteiger partial charge >= 0.3 is 0 Å². The van der Waals surface area contributed by atoms with Crippen molar-refractivity contribution >= 4 is 68.8 Å². The first-order chi connectivity index (χ1) is 63.9. The van der Waals surface area contributed by atoms with Crippen LogP contribution in [0.25, 0.3) is 152 Å². The SMILES string of the molecule is Cc1cc(C)c(-n2nc(C)nc2-c2[c-]ccc3oc(C)nc23)c(C)c1.Cc1nc(-c2[c-]ccc3c2nc(C)n3C)n(-c2ccccc2-c2ccccc2)n1.Cc1nc2c(-c3ncnn3-c3c(C(C)C)cccc3C(C)C)[c-]ncc2o1.Cc1nc2c(-c3ncnn3-c3c(C)cc([Si](C)(C)C)cc3C)[c-]cnc2o1.Cc1nc2c(-c3ncnn3-c3c(C)cccc3C)[c-]cc(C#N)c2o1.[Ir].[Ir].[Ir].[Ir].[Ir]. The Labute approximate surface area is 867 Å². The standard InChI is InChI=1S/C24H20N5.C21H22N5O.C20H22N5OSi.C20H19N4O.C19H14N5O.5Ir/c1-16-25-24(20-13-9-15-22-23(20)26-17(2)28(22)3)29(27-16)21-14-8-7-12-19(21)18-10-5-4-6-11-18;1-12(2)15-7-6-8-16(13(3)4)20(15)26-21(23-11-24-26)17-9-22-10-18-19(17)25-14(5)27-18;1-12-9-15(27(4,5)6)10-13(2)18(12)25-19(22-11-23-25)16-7-8-21-20-17(16)24-14(3)26-20;1-11-9-12(2)19(13(3)10-11)24-20(21-14(4)23-24)16-7-6-8-17-18(16)22-15(5)25-17;1-11-5-4-6-12(2)17(11)24-19(21-10-22-24)15-8-7-14(9-20)18-16(15)23-13(3)25-18;;;;;/h4-12,14-15H,1-3H3;6-8,10-13H,1-5H3;8-11H,1-6H3;6,8-10H,1-5H3;4-7,10H,1-3H3;;;;;/q5*-1;;;;;. The van der Waals surface area contributed by atoms with Gasteiger partial charge < -0.3 is 27.2 Å². The summed E-state index contributed by atoms with van der Waals surface area (Å²) in [5, 5.41) is 33.6. The summed E-state index contributed by atoms with van der Waals surface area (Å²) in [6, 6.07) is 64.3. The van der Waals surface area contributed by atoms with Gasteiger partial charge in [0.1, 0.15) is 30.6 Å². The third-order valence-corrected chi connectivity index (χ3v) is 25.0. The first-order valence-electron chi connectivity index (χ1n) is 43.6. The minimum atomic E-state index is -1.40. The van der Waals surface area contributed by atoms with Crippen LogP contribution in [0.3, 0.4) is 0 Å². The van der Waals surface area contributed by atoms with Crippen molar-refractivity contribution in [1.29, 1.82) is 5.26 Å².